The third kappa shape index (κ3) is 8.06. The lowest BCUT2D eigenvalue weighted by atomic mass is 10.2. The van der Waals surface area contributed by atoms with Crippen molar-refractivity contribution < 1.29 is 8.42 Å². The minimum atomic E-state index is -3.50. The molecule has 1 aromatic carbocycles. The minimum Gasteiger partial charge on any atom is -0.357 e. The van der Waals surface area contributed by atoms with Crippen molar-refractivity contribution in [2.75, 3.05) is 33.2 Å². The predicted octanol–water partition coefficient (Wildman–Crippen LogP) is 3.09. The molecular formula is C19H29IN4O2S2. The van der Waals surface area contributed by atoms with Gasteiger partial charge in [-0.2, -0.15) is 0 Å². The Morgan fingerprint density at radius 3 is 2.54 bits per heavy atom. The second kappa shape index (κ2) is 12.4. The van der Waals surface area contributed by atoms with Crippen LogP contribution in [0.1, 0.15) is 17.4 Å². The highest BCUT2D eigenvalue weighted by atomic mass is 127. The lowest BCUT2D eigenvalue weighted by Gasteiger charge is -2.21. The van der Waals surface area contributed by atoms with Crippen molar-refractivity contribution >= 4 is 51.3 Å². The molecular weight excluding hydrogens is 507 g/mol. The molecule has 2 aromatic rings. The number of nitrogens with zero attached hydrogens (tertiary/aromatic N) is 2. The molecule has 2 N–H and O–H groups in total. The average Bonchev–Trinajstić information content (AvgIpc) is 3.16. The van der Waals surface area contributed by atoms with E-state index in [1.54, 1.807) is 35.6 Å². The Hall–Kier alpha value is -1.17. The molecule has 0 bridgehead atoms. The van der Waals surface area contributed by atoms with Gasteiger partial charge in [-0.05, 0) is 43.8 Å². The molecule has 0 unspecified atom stereocenters. The Morgan fingerprint density at radius 2 is 1.93 bits per heavy atom. The first kappa shape index (κ1) is 24.9. The summed E-state index contributed by atoms with van der Waals surface area (Å²) in [6, 6.07) is 11.0. The Balaban J connectivity index is 0.00000392. The van der Waals surface area contributed by atoms with E-state index >= 15 is 0 Å². The van der Waals surface area contributed by atoms with Crippen molar-refractivity contribution in [3.63, 3.8) is 0 Å². The summed E-state index contributed by atoms with van der Waals surface area (Å²) in [7, 11) is -1.51. The summed E-state index contributed by atoms with van der Waals surface area (Å²) in [5, 5.41) is 5.33. The van der Waals surface area contributed by atoms with Gasteiger partial charge >= 0.3 is 0 Å². The number of benzene rings is 1. The summed E-state index contributed by atoms with van der Waals surface area (Å²) < 4.78 is 27.2. The first-order chi connectivity index (χ1) is 12.9. The van der Waals surface area contributed by atoms with Crippen LogP contribution < -0.4 is 10.0 Å². The molecule has 0 saturated heterocycles. The molecule has 0 aliphatic rings. The maximum Gasteiger partial charge on any atom is 0.240 e. The number of aryl methyl sites for hydroxylation is 1. The average molecular weight is 537 g/mol. The van der Waals surface area contributed by atoms with E-state index in [-0.39, 0.29) is 35.4 Å². The van der Waals surface area contributed by atoms with E-state index in [1.807, 2.05) is 20.9 Å². The third-order valence-corrected chi connectivity index (χ3v) is 6.38. The summed E-state index contributed by atoms with van der Waals surface area (Å²) >= 11 is 1.75. The second-order valence-electron chi connectivity index (χ2n) is 6.20. The van der Waals surface area contributed by atoms with E-state index in [0.29, 0.717) is 6.54 Å². The molecule has 0 saturated carbocycles. The SMILES string of the molecule is CCNC(=NCCNS(=O)(=O)c1ccc(C)cc1)N(C)CCc1cccs1.I. The second-order valence-corrected chi connectivity index (χ2v) is 9.00. The number of likely N-dealkylation sites (N-methyl/N-ethyl adjacent to an activating group) is 1. The third-order valence-electron chi connectivity index (χ3n) is 3.97. The molecule has 0 atom stereocenters. The zero-order chi connectivity index (χ0) is 19.7. The Morgan fingerprint density at radius 1 is 1.21 bits per heavy atom. The van der Waals surface area contributed by atoms with Gasteiger partial charge in [-0.3, -0.25) is 4.99 Å². The summed E-state index contributed by atoms with van der Waals surface area (Å²) in [6.07, 6.45) is 0.957. The quantitative estimate of drug-likeness (QED) is 0.224. The number of hydrogen-bond donors (Lipinski definition) is 2. The smallest absolute Gasteiger partial charge is 0.240 e. The van der Waals surface area contributed by atoms with Crippen LogP contribution in [0.2, 0.25) is 0 Å². The van der Waals surface area contributed by atoms with Gasteiger partial charge in [0.1, 0.15) is 0 Å². The van der Waals surface area contributed by atoms with E-state index in [1.165, 1.54) is 4.88 Å². The highest BCUT2D eigenvalue weighted by molar-refractivity contribution is 14.0. The molecule has 28 heavy (non-hydrogen) atoms. The fourth-order valence-electron chi connectivity index (χ4n) is 2.45. The van der Waals surface area contributed by atoms with E-state index in [2.05, 4.69) is 37.4 Å². The maximum absolute atomic E-state index is 12.3. The number of nitrogens with one attached hydrogen (secondary N) is 2. The standard InChI is InChI=1S/C19H28N4O2S2.HI/c1-4-20-19(23(3)14-11-17-6-5-15-26-17)21-12-13-22-27(24,25)18-9-7-16(2)8-10-18;/h5-10,15,22H,4,11-14H2,1-3H3,(H,20,21);1H. The molecule has 1 aromatic heterocycles. The number of thiophene rings is 1. The van der Waals surface area contributed by atoms with Gasteiger partial charge in [0.25, 0.3) is 0 Å². The lowest BCUT2D eigenvalue weighted by molar-refractivity contribution is 0.486. The van der Waals surface area contributed by atoms with Crippen LogP contribution in [0.15, 0.2) is 51.7 Å². The van der Waals surface area contributed by atoms with Gasteiger partial charge in [0, 0.05) is 31.6 Å². The lowest BCUT2D eigenvalue weighted by Crippen LogP contribution is -2.40. The Kier molecular flexibility index (Phi) is 11.0. The maximum atomic E-state index is 12.3. The van der Waals surface area contributed by atoms with Crippen LogP contribution in [0, 0.1) is 6.92 Å². The molecule has 1 heterocycles. The van der Waals surface area contributed by atoms with Crippen molar-refractivity contribution in [2.45, 2.75) is 25.2 Å². The normalized spacial score (nSPS) is 11.8. The molecule has 0 spiro atoms. The molecule has 0 radical (unpaired) electrons. The predicted molar refractivity (Wildman–Crippen MR) is 128 cm³/mol. The molecule has 2 rings (SSSR count). The summed E-state index contributed by atoms with van der Waals surface area (Å²) in [5.74, 6) is 0.781. The molecule has 156 valence electrons. The summed E-state index contributed by atoms with van der Waals surface area (Å²) in [5.41, 5.74) is 1.03. The molecule has 0 fully saturated rings. The Labute approximate surface area is 189 Å². The van der Waals surface area contributed by atoms with Gasteiger partial charge in [-0.25, -0.2) is 13.1 Å². The molecule has 0 aliphatic heterocycles. The van der Waals surface area contributed by atoms with Crippen LogP contribution in [0.25, 0.3) is 0 Å². The molecule has 0 amide bonds. The number of sulfonamides is 1. The van der Waals surface area contributed by atoms with E-state index in [9.17, 15) is 8.42 Å². The molecule has 6 nitrogen and oxygen atoms in total. The molecule has 0 aliphatic carbocycles. The fraction of sp³-hybridized carbons (Fsp3) is 0.421. The van der Waals surface area contributed by atoms with Crippen LogP contribution >= 0.6 is 35.3 Å². The highest BCUT2D eigenvalue weighted by Crippen LogP contribution is 2.10. The van der Waals surface area contributed by atoms with Crippen molar-refractivity contribution in [3.05, 3.63) is 52.2 Å². The van der Waals surface area contributed by atoms with Crippen LogP contribution in [0.4, 0.5) is 0 Å². The van der Waals surface area contributed by atoms with Crippen LogP contribution in [0.5, 0.6) is 0 Å². The number of rotatable bonds is 9. The Bertz CT molecular complexity index is 822. The van der Waals surface area contributed by atoms with Crippen molar-refractivity contribution in [3.8, 4) is 0 Å². The zero-order valence-electron chi connectivity index (χ0n) is 16.5. The molecule has 9 heteroatoms. The number of hydrogen-bond acceptors (Lipinski definition) is 4. The van der Waals surface area contributed by atoms with E-state index < -0.39 is 10.0 Å². The van der Waals surface area contributed by atoms with E-state index in [4.69, 9.17) is 0 Å². The van der Waals surface area contributed by atoms with Gasteiger partial charge < -0.3 is 10.2 Å². The summed E-state index contributed by atoms with van der Waals surface area (Å²) in [4.78, 5) is 8.21. The van der Waals surface area contributed by atoms with Crippen molar-refractivity contribution in [1.29, 1.82) is 0 Å². The van der Waals surface area contributed by atoms with E-state index in [0.717, 1.165) is 31.0 Å². The van der Waals surface area contributed by atoms with Gasteiger partial charge in [-0.15, -0.1) is 35.3 Å². The number of guanidine groups is 1. The van der Waals surface area contributed by atoms with Gasteiger partial charge in [0.2, 0.25) is 10.0 Å². The van der Waals surface area contributed by atoms with Gasteiger partial charge in [-0.1, -0.05) is 23.8 Å². The summed E-state index contributed by atoms with van der Waals surface area (Å²) in [6.45, 7) is 6.18. The largest absolute Gasteiger partial charge is 0.357 e. The monoisotopic (exact) mass is 536 g/mol. The zero-order valence-corrected chi connectivity index (χ0v) is 20.5. The van der Waals surface area contributed by atoms with Crippen LogP contribution in [-0.4, -0.2) is 52.5 Å². The number of halogens is 1. The van der Waals surface area contributed by atoms with Crippen molar-refractivity contribution in [2.24, 2.45) is 4.99 Å². The highest BCUT2D eigenvalue weighted by Gasteiger charge is 2.13. The first-order valence-electron chi connectivity index (χ1n) is 9.00. The van der Waals surface area contributed by atoms with Crippen LogP contribution in [-0.2, 0) is 16.4 Å². The minimum absolute atomic E-state index is 0. The van der Waals surface area contributed by atoms with Gasteiger partial charge in [0.15, 0.2) is 5.96 Å². The number of aliphatic imine (C=N–C) groups is 1. The fourth-order valence-corrected chi connectivity index (χ4v) is 4.17. The topological polar surface area (TPSA) is 73.8 Å². The first-order valence-corrected chi connectivity index (χ1v) is 11.4. The van der Waals surface area contributed by atoms with Crippen LogP contribution in [0.3, 0.4) is 0 Å². The van der Waals surface area contributed by atoms with Crippen molar-refractivity contribution in [1.82, 2.24) is 14.9 Å². The van der Waals surface area contributed by atoms with Gasteiger partial charge in [0.05, 0.1) is 11.4 Å².